The highest BCUT2D eigenvalue weighted by molar-refractivity contribution is 6.30. The Labute approximate surface area is 159 Å². The van der Waals surface area contributed by atoms with E-state index in [9.17, 15) is 22.8 Å². The Morgan fingerprint density at radius 3 is 2.30 bits per heavy atom. The van der Waals surface area contributed by atoms with Gasteiger partial charge >= 0.3 is 6.18 Å². The molecule has 144 valence electrons. The SMILES string of the molecule is CC(=O)N(CC(=O)Nc1ccc(Cl)cc1C(F)(F)F)Cc1ccc(C)cc1. The largest absolute Gasteiger partial charge is 0.418 e. The van der Waals surface area contributed by atoms with Gasteiger partial charge in [-0.05, 0) is 30.7 Å². The minimum absolute atomic E-state index is 0.0925. The summed E-state index contributed by atoms with van der Waals surface area (Å²) in [5.41, 5.74) is 0.409. The topological polar surface area (TPSA) is 49.4 Å². The summed E-state index contributed by atoms with van der Waals surface area (Å²) >= 11 is 5.62. The Kier molecular flexibility index (Phi) is 6.49. The van der Waals surface area contributed by atoms with Crippen molar-refractivity contribution >= 4 is 29.1 Å². The van der Waals surface area contributed by atoms with Crippen molar-refractivity contribution in [1.29, 1.82) is 0 Å². The Balaban J connectivity index is 2.13. The maximum absolute atomic E-state index is 13.1. The first kappa shape index (κ1) is 20.8. The number of nitrogens with one attached hydrogen (secondary N) is 1. The lowest BCUT2D eigenvalue weighted by Gasteiger charge is -2.21. The van der Waals surface area contributed by atoms with Gasteiger partial charge in [-0.3, -0.25) is 9.59 Å². The Morgan fingerprint density at radius 2 is 1.74 bits per heavy atom. The number of aryl methyl sites for hydroxylation is 1. The molecule has 0 bridgehead atoms. The van der Waals surface area contributed by atoms with Gasteiger partial charge in [0.1, 0.15) is 6.54 Å². The van der Waals surface area contributed by atoms with Crippen molar-refractivity contribution in [2.75, 3.05) is 11.9 Å². The molecule has 2 amide bonds. The molecule has 4 nitrogen and oxygen atoms in total. The number of hydrogen-bond donors (Lipinski definition) is 1. The molecule has 0 radical (unpaired) electrons. The number of hydrogen-bond acceptors (Lipinski definition) is 2. The van der Waals surface area contributed by atoms with Crippen LogP contribution in [0, 0.1) is 6.92 Å². The van der Waals surface area contributed by atoms with Crippen molar-refractivity contribution in [3.63, 3.8) is 0 Å². The van der Waals surface area contributed by atoms with Gasteiger partial charge in [0.15, 0.2) is 0 Å². The molecule has 27 heavy (non-hydrogen) atoms. The molecule has 0 aliphatic carbocycles. The van der Waals surface area contributed by atoms with Crippen molar-refractivity contribution in [3.05, 3.63) is 64.2 Å². The molecule has 1 N–H and O–H groups in total. The van der Waals surface area contributed by atoms with Gasteiger partial charge in [0.25, 0.3) is 0 Å². The molecule has 0 saturated carbocycles. The lowest BCUT2D eigenvalue weighted by atomic mass is 10.1. The predicted octanol–water partition coefficient (Wildman–Crippen LogP) is 4.65. The summed E-state index contributed by atoms with van der Waals surface area (Å²) in [6.07, 6.45) is -4.67. The van der Waals surface area contributed by atoms with E-state index in [4.69, 9.17) is 11.6 Å². The van der Waals surface area contributed by atoms with Crippen LogP contribution in [0.5, 0.6) is 0 Å². The lowest BCUT2D eigenvalue weighted by Crippen LogP contribution is -2.36. The summed E-state index contributed by atoms with van der Waals surface area (Å²) < 4.78 is 39.3. The zero-order valence-corrected chi connectivity index (χ0v) is 15.5. The number of nitrogens with zero attached hydrogens (tertiary/aromatic N) is 1. The third kappa shape index (κ3) is 5.99. The quantitative estimate of drug-likeness (QED) is 0.796. The predicted molar refractivity (Wildman–Crippen MR) is 97.4 cm³/mol. The standard InChI is InChI=1S/C19H18ClF3N2O2/c1-12-3-5-14(6-4-12)10-25(13(2)26)11-18(27)24-17-8-7-15(20)9-16(17)19(21,22)23/h3-9H,10-11H2,1-2H3,(H,24,27). The van der Waals surface area contributed by atoms with Gasteiger partial charge in [-0.15, -0.1) is 0 Å². The average molecular weight is 399 g/mol. The van der Waals surface area contributed by atoms with Crippen LogP contribution in [-0.4, -0.2) is 23.3 Å². The van der Waals surface area contributed by atoms with Crippen LogP contribution in [0.1, 0.15) is 23.6 Å². The maximum Gasteiger partial charge on any atom is 0.418 e. The molecule has 0 fully saturated rings. The summed E-state index contributed by atoms with van der Waals surface area (Å²) in [5.74, 6) is -1.09. The van der Waals surface area contributed by atoms with Crippen LogP contribution >= 0.6 is 11.6 Å². The Morgan fingerprint density at radius 1 is 1.11 bits per heavy atom. The van der Waals surface area contributed by atoms with Gasteiger partial charge in [0.05, 0.1) is 11.3 Å². The number of rotatable bonds is 5. The highest BCUT2D eigenvalue weighted by Crippen LogP contribution is 2.36. The van der Waals surface area contributed by atoms with E-state index in [0.29, 0.717) is 0 Å². The summed E-state index contributed by atoms with van der Waals surface area (Å²) in [5, 5.41) is 2.12. The van der Waals surface area contributed by atoms with Gasteiger partial charge in [0, 0.05) is 18.5 Å². The van der Waals surface area contributed by atoms with E-state index >= 15 is 0 Å². The van der Waals surface area contributed by atoms with Crippen LogP contribution in [0.25, 0.3) is 0 Å². The fraction of sp³-hybridized carbons (Fsp3) is 0.263. The molecule has 0 aliphatic heterocycles. The number of benzene rings is 2. The zero-order chi connectivity index (χ0) is 20.2. The van der Waals surface area contributed by atoms with Crippen LogP contribution in [0.4, 0.5) is 18.9 Å². The van der Waals surface area contributed by atoms with Crippen molar-refractivity contribution in [1.82, 2.24) is 4.90 Å². The van der Waals surface area contributed by atoms with Gasteiger partial charge < -0.3 is 10.2 Å². The molecular weight excluding hydrogens is 381 g/mol. The maximum atomic E-state index is 13.1. The fourth-order valence-electron chi connectivity index (χ4n) is 2.42. The summed E-state index contributed by atoms with van der Waals surface area (Å²) in [6, 6.07) is 10.5. The molecule has 8 heteroatoms. The van der Waals surface area contributed by atoms with Crippen LogP contribution in [0.3, 0.4) is 0 Å². The first-order valence-corrected chi connectivity index (χ1v) is 8.41. The van der Waals surface area contributed by atoms with Gasteiger partial charge in [0.2, 0.25) is 11.8 Å². The molecule has 0 aliphatic rings. The van der Waals surface area contributed by atoms with Crippen LogP contribution < -0.4 is 5.32 Å². The molecule has 0 aromatic heterocycles. The lowest BCUT2D eigenvalue weighted by molar-refractivity contribution is -0.137. The summed E-state index contributed by atoms with van der Waals surface area (Å²) in [6.45, 7) is 3.02. The van der Waals surface area contributed by atoms with E-state index in [0.717, 1.165) is 23.3 Å². The first-order valence-electron chi connectivity index (χ1n) is 8.04. The third-order valence-electron chi connectivity index (χ3n) is 3.83. The van der Waals surface area contributed by atoms with Crippen molar-refractivity contribution in [2.45, 2.75) is 26.6 Å². The van der Waals surface area contributed by atoms with Gasteiger partial charge in [-0.1, -0.05) is 41.4 Å². The number of carbonyl (C=O) groups is 2. The van der Waals surface area contributed by atoms with Crippen LogP contribution in [0.15, 0.2) is 42.5 Å². The monoisotopic (exact) mass is 398 g/mol. The van der Waals surface area contributed by atoms with E-state index < -0.39 is 23.3 Å². The number of halogens is 4. The molecule has 0 unspecified atom stereocenters. The molecule has 0 saturated heterocycles. The molecule has 2 aromatic rings. The number of carbonyl (C=O) groups excluding carboxylic acids is 2. The minimum Gasteiger partial charge on any atom is -0.329 e. The number of anilines is 1. The molecule has 0 atom stereocenters. The van der Waals surface area contributed by atoms with E-state index in [1.807, 2.05) is 31.2 Å². The van der Waals surface area contributed by atoms with E-state index in [2.05, 4.69) is 5.32 Å². The second kappa shape index (κ2) is 8.43. The van der Waals surface area contributed by atoms with Crippen molar-refractivity contribution in [3.8, 4) is 0 Å². The molecule has 2 aromatic carbocycles. The first-order chi connectivity index (χ1) is 12.6. The Bertz CT molecular complexity index is 836. The summed E-state index contributed by atoms with van der Waals surface area (Å²) in [4.78, 5) is 25.3. The molecule has 0 heterocycles. The summed E-state index contributed by atoms with van der Waals surface area (Å²) in [7, 11) is 0. The van der Waals surface area contributed by atoms with Crippen molar-refractivity contribution in [2.24, 2.45) is 0 Å². The average Bonchev–Trinajstić information content (AvgIpc) is 2.56. The highest BCUT2D eigenvalue weighted by Gasteiger charge is 2.34. The highest BCUT2D eigenvalue weighted by atomic mass is 35.5. The van der Waals surface area contributed by atoms with Crippen LogP contribution in [0.2, 0.25) is 5.02 Å². The zero-order valence-electron chi connectivity index (χ0n) is 14.7. The van der Waals surface area contributed by atoms with Crippen LogP contribution in [-0.2, 0) is 22.3 Å². The molecular formula is C19H18ClF3N2O2. The number of alkyl halides is 3. The van der Waals surface area contributed by atoms with E-state index in [1.54, 1.807) is 0 Å². The molecule has 0 spiro atoms. The third-order valence-corrected chi connectivity index (χ3v) is 4.07. The molecule has 2 rings (SSSR count). The second-order valence-electron chi connectivity index (χ2n) is 6.10. The minimum atomic E-state index is -4.67. The normalized spacial score (nSPS) is 11.2. The Hall–Kier alpha value is -2.54. The smallest absolute Gasteiger partial charge is 0.329 e. The van der Waals surface area contributed by atoms with E-state index in [1.165, 1.54) is 17.9 Å². The van der Waals surface area contributed by atoms with Gasteiger partial charge in [-0.2, -0.15) is 13.2 Å². The van der Waals surface area contributed by atoms with Crippen molar-refractivity contribution < 1.29 is 22.8 Å². The van der Waals surface area contributed by atoms with E-state index in [-0.39, 0.29) is 24.0 Å². The fourth-order valence-corrected chi connectivity index (χ4v) is 2.59. The second-order valence-corrected chi connectivity index (χ2v) is 6.53. The van der Waals surface area contributed by atoms with Gasteiger partial charge in [-0.25, -0.2) is 0 Å². The number of amides is 2.